The molecule has 0 saturated heterocycles. The molecule has 0 fully saturated rings. The fourth-order valence-electron chi connectivity index (χ4n) is 2.63. The number of aromatic nitrogens is 4. The smallest absolute Gasteiger partial charge is 0.149 e. The normalized spacial score (nSPS) is 10.7. The van der Waals surface area contributed by atoms with Crippen molar-refractivity contribution in [2.24, 2.45) is 0 Å². The molecule has 0 aliphatic heterocycles. The highest BCUT2D eigenvalue weighted by Crippen LogP contribution is 2.30. The highest BCUT2D eigenvalue weighted by Gasteiger charge is 2.13. The van der Waals surface area contributed by atoms with E-state index in [-0.39, 0.29) is 11.3 Å². The van der Waals surface area contributed by atoms with Crippen molar-refractivity contribution in [3.63, 3.8) is 0 Å². The van der Waals surface area contributed by atoms with E-state index in [4.69, 9.17) is 0 Å². The van der Waals surface area contributed by atoms with Crippen molar-refractivity contribution < 1.29 is 8.78 Å². The zero-order chi connectivity index (χ0) is 17.9. The molecule has 0 aliphatic carbocycles. The second kappa shape index (κ2) is 6.76. The summed E-state index contributed by atoms with van der Waals surface area (Å²) in [5.41, 5.74) is 2.74. The number of halogens is 2. The van der Waals surface area contributed by atoms with Crippen LogP contribution in [0.4, 0.5) is 8.78 Å². The number of nitrogens with zero attached hydrogens (tertiary/aromatic N) is 4. The molecule has 0 atom stereocenters. The van der Waals surface area contributed by atoms with Gasteiger partial charge < -0.3 is 0 Å². The van der Waals surface area contributed by atoms with Gasteiger partial charge in [0.1, 0.15) is 23.0 Å². The maximum Gasteiger partial charge on any atom is 0.149 e. The molecule has 0 N–H and O–H groups in total. The van der Waals surface area contributed by atoms with E-state index in [0.29, 0.717) is 17.0 Å². The van der Waals surface area contributed by atoms with Crippen LogP contribution in [-0.2, 0) is 0 Å². The third-order valence-electron chi connectivity index (χ3n) is 3.90. The van der Waals surface area contributed by atoms with Crippen molar-refractivity contribution >= 4 is 0 Å². The molecule has 26 heavy (non-hydrogen) atoms. The van der Waals surface area contributed by atoms with Gasteiger partial charge in [-0.25, -0.2) is 8.78 Å². The quantitative estimate of drug-likeness (QED) is 0.546. The van der Waals surface area contributed by atoms with Gasteiger partial charge in [-0.15, -0.1) is 5.10 Å². The first kappa shape index (κ1) is 16.0. The Hall–Kier alpha value is -3.54. The van der Waals surface area contributed by atoms with Crippen molar-refractivity contribution in [1.29, 1.82) is 0 Å². The van der Waals surface area contributed by atoms with E-state index in [9.17, 15) is 8.78 Å². The second-order valence-electron chi connectivity index (χ2n) is 5.57. The lowest BCUT2D eigenvalue weighted by molar-refractivity contribution is 0.611. The molecule has 126 valence electrons. The molecule has 4 aromatic rings. The van der Waals surface area contributed by atoms with Crippen molar-refractivity contribution in [1.82, 2.24) is 20.2 Å². The number of hydrogen-bond donors (Lipinski definition) is 0. The number of rotatable bonds is 3. The Morgan fingerprint density at radius 3 is 2.38 bits per heavy atom. The van der Waals surface area contributed by atoms with E-state index < -0.39 is 11.6 Å². The lowest BCUT2D eigenvalue weighted by Crippen LogP contribution is -1.94. The van der Waals surface area contributed by atoms with Gasteiger partial charge >= 0.3 is 0 Å². The molecule has 3 aromatic heterocycles. The molecule has 0 aliphatic rings. The fraction of sp³-hybridized carbons (Fsp3) is 0. The third-order valence-corrected chi connectivity index (χ3v) is 3.90. The predicted molar refractivity (Wildman–Crippen MR) is 93.8 cm³/mol. The second-order valence-corrected chi connectivity index (χ2v) is 5.57. The van der Waals surface area contributed by atoms with Crippen LogP contribution in [0.5, 0.6) is 0 Å². The number of benzene rings is 1. The van der Waals surface area contributed by atoms with Crippen LogP contribution in [-0.4, -0.2) is 20.2 Å². The summed E-state index contributed by atoms with van der Waals surface area (Å²) in [6, 6.07) is 14.5. The summed E-state index contributed by atoms with van der Waals surface area (Å²) in [5, 5.41) is 8.09. The molecule has 0 spiro atoms. The summed E-state index contributed by atoms with van der Waals surface area (Å²) in [4.78, 5) is 8.21. The Morgan fingerprint density at radius 1 is 0.692 bits per heavy atom. The Kier molecular flexibility index (Phi) is 4.15. The lowest BCUT2D eigenvalue weighted by Gasteiger charge is -2.08. The van der Waals surface area contributed by atoms with Gasteiger partial charge in [-0.2, -0.15) is 5.10 Å². The van der Waals surface area contributed by atoms with E-state index >= 15 is 0 Å². The van der Waals surface area contributed by atoms with E-state index in [0.717, 1.165) is 5.56 Å². The van der Waals surface area contributed by atoms with Gasteiger partial charge in [0.05, 0.1) is 11.9 Å². The molecule has 4 nitrogen and oxygen atoms in total. The summed E-state index contributed by atoms with van der Waals surface area (Å²) < 4.78 is 28.3. The Morgan fingerprint density at radius 2 is 1.58 bits per heavy atom. The minimum atomic E-state index is -0.578. The van der Waals surface area contributed by atoms with Crippen molar-refractivity contribution in [2.45, 2.75) is 0 Å². The molecule has 0 saturated carbocycles. The summed E-state index contributed by atoms with van der Waals surface area (Å²) in [5.74, 6) is -1.12. The largest absolute Gasteiger partial charge is 0.255 e. The first-order chi connectivity index (χ1) is 12.7. The van der Waals surface area contributed by atoms with Crippen LogP contribution < -0.4 is 0 Å². The van der Waals surface area contributed by atoms with E-state index in [2.05, 4.69) is 20.2 Å². The van der Waals surface area contributed by atoms with Crippen LogP contribution in [0.3, 0.4) is 0 Å². The Balaban J connectivity index is 1.80. The van der Waals surface area contributed by atoms with Crippen LogP contribution in [0, 0.1) is 11.6 Å². The van der Waals surface area contributed by atoms with Gasteiger partial charge in [0.2, 0.25) is 0 Å². The van der Waals surface area contributed by atoms with E-state index in [1.807, 2.05) is 18.2 Å². The first-order valence-electron chi connectivity index (χ1n) is 7.87. The third kappa shape index (κ3) is 3.04. The lowest BCUT2D eigenvalue weighted by atomic mass is 10.0. The molecule has 1 aromatic carbocycles. The standard InChI is InChI=1S/C20H12F2N4/c21-16-7-6-13(10-15(16)20-17(22)4-3-9-24-20)14-11-19(26-25-12-14)18-5-1-2-8-23-18/h1-12H. The summed E-state index contributed by atoms with van der Waals surface area (Å²) in [6.07, 6.45) is 4.67. The van der Waals surface area contributed by atoms with Crippen LogP contribution in [0.1, 0.15) is 0 Å². The van der Waals surface area contributed by atoms with Crippen LogP contribution in [0.2, 0.25) is 0 Å². The molecule has 4 rings (SSSR count). The molecular formula is C20H12F2N4. The highest BCUT2D eigenvalue weighted by atomic mass is 19.1. The molecule has 0 unspecified atom stereocenters. The molecule has 3 heterocycles. The Bertz CT molecular complexity index is 1070. The molecule has 6 heteroatoms. The summed E-state index contributed by atoms with van der Waals surface area (Å²) >= 11 is 0. The number of hydrogen-bond acceptors (Lipinski definition) is 4. The van der Waals surface area contributed by atoms with Crippen molar-refractivity contribution in [3.05, 3.63) is 84.8 Å². The van der Waals surface area contributed by atoms with E-state index in [1.165, 1.54) is 24.4 Å². The van der Waals surface area contributed by atoms with Crippen LogP contribution in [0.15, 0.2) is 73.2 Å². The molecule has 0 amide bonds. The molecule has 0 bridgehead atoms. The maximum atomic E-state index is 14.3. The zero-order valence-electron chi connectivity index (χ0n) is 13.5. The van der Waals surface area contributed by atoms with Crippen LogP contribution in [0.25, 0.3) is 33.8 Å². The monoisotopic (exact) mass is 346 g/mol. The first-order valence-corrected chi connectivity index (χ1v) is 7.87. The SMILES string of the molecule is Fc1ccc(-c2cnnc(-c3ccccn3)c2)cc1-c1ncccc1F. The van der Waals surface area contributed by atoms with Gasteiger partial charge in [0.25, 0.3) is 0 Å². The fourth-order valence-corrected chi connectivity index (χ4v) is 2.63. The summed E-state index contributed by atoms with van der Waals surface area (Å²) in [7, 11) is 0. The van der Waals surface area contributed by atoms with Gasteiger partial charge in [-0.1, -0.05) is 12.1 Å². The van der Waals surface area contributed by atoms with Gasteiger partial charge in [0, 0.05) is 23.5 Å². The average molecular weight is 346 g/mol. The van der Waals surface area contributed by atoms with Crippen molar-refractivity contribution in [3.8, 4) is 33.8 Å². The summed E-state index contributed by atoms with van der Waals surface area (Å²) in [6.45, 7) is 0. The number of pyridine rings is 2. The predicted octanol–water partition coefficient (Wildman–Crippen LogP) is 4.55. The highest BCUT2D eigenvalue weighted by molar-refractivity contribution is 5.73. The Labute approximate surface area is 148 Å². The minimum absolute atomic E-state index is 0.0289. The molecule has 0 radical (unpaired) electrons. The van der Waals surface area contributed by atoms with Crippen molar-refractivity contribution in [2.75, 3.05) is 0 Å². The minimum Gasteiger partial charge on any atom is -0.255 e. The zero-order valence-corrected chi connectivity index (χ0v) is 13.5. The van der Waals surface area contributed by atoms with E-state index in [1.54, 1.807) is 30.6 Å². The topological polar surface area (TPSA) is 51.6 Å². The molecular weight excluding hydrogens is 334 g/mol. The maximum absolute atomic E-state index is 14.3. The van der Waals surface area contributed by atoms with Gasteiger partial charge in [-0.3, -0.25) is 9.97 Å². The van der Waals surface area contributed by atoms with Gasteiger partial charge in [-0.05, 0) is 48.0 Å². The average Bonchev–Trinajstić information content (AvgIpc) is 2.70. The van der Waals surface area contributed by atoms with Crippen LogP contribution >= 0.6 is 0 Å². The van der Waals surface area contributed by atoms with Gasteiger partial charge in [0.15, 0.2) is 0 Å².